The van der Waals surface area contributed by atoms with E-state index in [0.29, 0.717) is 29.9 Å². The molecular weight excluding hydrogens is 348 g/mol. The second kappa shape index (κ2) is 9.07. The fourth-order valence-corrected chi connectivity index (χ4v) is 4.11. The minimum atomic E-state index is -0.0962. The minimum Gasteiger partial charge on any atom is -0.326 e. The first kappa shape index (κ1) is 20.2. The molecule has 5 heteroatoms. The van der Waals surface area contributed by atoms with Crippen molar-refractivity contribution >= 4 is 11.7 Å². The van der Waals surface area contributed by atoms with Gasteiger partial charge in [-0.15, -0.1) is 0 Å². The quantitative estimate of drug-likeness (QED) is 0.794. The Hall–Kier alpha value is -2.58. The zero-order valence-electron chi connectivity index (χ0n) is 17.1. The molecule has 2 N–H and O–H groups in total. The first-order chi connectivity index (χ1) is 13.5. The van der Waals surface area contributed by atoms with Crippen LogP contribution in [0.2, 0.25) is 0 Å². The largest absolute Gasteiger partial charge is 0.326 e. The molecule has 1 aliphatic carbocycles. The number of carbonyl (C=O) groups excluding carboxylic acids is 1. The van der Waals surface area contributed by atoms with E-state index in [2.05, 4.69) is 35.8 Å². The van der Waals surface area contributed by atoms with Crippen LogP contribution in [0.4, 0.5) is 5.82 Å². The van der Waals surface area contributed by atoms with Crippen molar-refractivity contribution in [1.82, 2.24) is 9.88 Å². The number of nitriles is 1. The van der Waals surface area contributed by atoms with Crippen molar-refractivity contribution < 1.29 is 4.79 Å². The van der Waals surface area contributed by atoms with Crippen LogP contribution in [-0.4, -0.2) is 23.1 Å². The van der Waals surface area contributed by atoms with Gasteiger partial charge < -0.3 is 15.2 Å². The molecule has 0 spiro atoms. The number of nitrogens with one attached hydrogen (secondary N) is 2. The molecular formula is C23H30N4O. The Morgan fingerprint density at radius 3 is 2.61 bits per heavy atom. The lowest BCUT2D eigenvalue weighted by atomic mass is 9.86. The molecule has 1 amide bonds. The maximum absolute atomic E-state index is 12.7. The van der Waals surface area contributed by atoms with E-state index in [1.807, 2.05) is 36.6 Å². The normalized spacial score (nSPS) is 19.2. The van der Waals surface area contributed by atoms with Gasteiger partial charge in [0.15, 0.2) is 0 Å². The second-order valence-corrected chi connectivity index (χ2v) is 7.91. The predicted octanol–water partition coefficient (Wildman–Crippen LogP) is 4.13. The van der Waals surface area contributed by atoms with Crippen molar-refractivity contribution in [2.75, 3.05) is 11.9 Å². The number of rotatable bonds is 6. The second-order valence-electron chi connectivity index (χ2n) is 7.91. The van der Waals surface area contributed by atoms with E-state index in [9.17, 15) is 10.1 Å². The Balaban J connectivity index is 1.75. The summed E-state index contributed by atoms with van der Waals surface area (Å²) in [6.45, 7) is 7.08. The molecule has 0 radical (unpaired) electrons. The van der Waals surface area contributed by atoms with Crippen molar-refractivity contribution in [3.05, 3.63) is 52.7 Å². The zero-order valence-corrected chi connectivity index (χ0v) is 17.1. The van der Waals surface area contributed by atoms with Crippen molar-refractivity contribution in [2.24, 2.45) is 5.92 Å². The molecule has 2 unspecified atom stereocenters. The van der Waals surface area contributed by atoms with Crippen LogP contribution in [0.3, 0.4) is 0 Å². The number of hydrogen-bond acceptors (Lipinski definition) is 3. The lowest BCUT2D eigenvalue weighted by Gasteiger charge is -2.29. The molecule has 5 nitrogen and oxygen atoms in total. The van der Waals surface area contributed by atoms with Crippen molar-refractivity contribution in [1.29, 1.82) is 5.26 Å². The highest BCUT2D eigenvalue weighted by Gasteiger charge is 2.23. The van der Waals surface area contributed by atoms with Gasteiger partial charge in [0.1, 0.15) is 11.9 Å². The molecule has 0 saturated heterocycles. The third kappa shape index (κ3) is 4.45. The molecule has 0 aliphatic heterocycles. The van der Waals surface area contributed by atoms with E-state index in [1.165, 1.54) is 19.3 Å². The van der Waals surface area contributed by atoms with Crippen LogP contribution in [0.5, 0.6) is 0 Å². The topological polar surface area (TPSA) is 69.8 Å². The molecule has 3 rings (SSSR count). The van der Waals surface area contributed by atoms with Gasteiger partial charge >= 0.3 is 0 Å². The summed E-state index contributed by atoms with van der Waals surface area (Å²) in [6, 6.07) is 12.8. The summed E-state index contributed by atoms with van der Waals surface area (Å²) in [6.07, 6.45) is 4.85. The molecule has 1 heterocycles. The number of hydrogen-bond donors (Lipinski definition) is 2. The molecule has 1 aromatic carbocycles. The highest BCUT2D eigenvalue weighted by atomic mass is 16.2. The van der Waals surface area contributed by atoms with Gasteiger partial charge in [-0.05, 0) is 43.7 Å². The highest BCUT2D eigenvalue weighted by Crippen LogP contribution is 2.27. The number of carbonyl (C=O) groups is 1. The Morgan fingerprint density at radius 1 is 1.21 bits per heavy atom. The van der Waals surface area contributed by atoms with Gasteiger partial charge in [0.25, 0.3) is 0 Å². The van der Waals surface area contributed by atoms with E-state index in [-0.39, 0.29) is 12.5 Å². The van der Waals surface area contributed by atoms with Crippen LogP contribution in [0, 0.1) is 31.1 Å². The molecule has 1 fully saturated rings. The molecule has 2 aromatic rings. The maximum atomic E-state index is 12.7. The number of anilines is 1. The van der Waals surface area contributed by atoms with Crippen LogP contribution < -0.4 is 10.6 Å². The summed E-state index contributed by atoms with van der Waals surface area (Å²) < 4.78 is 2.03. The molecule has 2 atom stereocenters. The van der Waals surface area contributed by atoms with Gasteiger partial charge in [0.2, 0.25) is 5.91 Å². The zero-order chi connectivity index (χ0) is 20.1. The average Bonchev–Trinajstić information content (AvgIpc) is 2.92. The SMILES string of the molecule is Cc1c(C#N)c(NC(=O)CNC2CCCCC2C)n(Cc2ccccc2)c1C. The first-order valence-corrected chi connectivity index (χ1v) is 10.2. The average molecular weight is 379 g/mol. The van der Waals surface area contributed by atoms with Crippen LogP contribution in [-0.2, 0) is 11.3 Å². The predicted molar refractivity (Wildman–Crippen MR) is 112 cm³/mol. The number of amides is 1. The maximum Gasteiger partial charge on any atom is 0.239 e. The van der Waals surface area contributed by atoms with Gasteiger partial charge in [-0.2, -0.15) is 5.26 Å². The van der Waals surface area contributed by atoms with Gasteiger partial charge in [0, 0.05) is 18.3 Å². The van der Waals surface area contributed by atoms with Crippen LogP contribution in [0.1, 0.15) is 55.0 Å². The summed E-state index contributed by atoms with van der Waals surface area (Å²) in [7, 11) is 0. The summed E-state index contributed by atoms with van der Waals surface area (Å²) >= 11 is 0. The van der Waals surface area contributed by atoms with Crippen molar-refractivity contribution in [3.8, 4) is 6.07 Å². The first-order valence-electron chi connectivity index (χ1n) is 10.2. The minimum absolute atomic E-state index is 0.0962. The number of nitrogens with zero attached hydrogens (tertiary/aromatic N) is 2. The van der Waals surface area contributed by atoms with E-state index < -0.39 is 0 Å². The summed E-state index contributed by atoms with van der Waals surface area (Å²) in [5.41, 5.74) is 3.61. The lowest BCUT2D eigenvalue weighted by molar-refractivity contribution is -0.115. The van der Waals surface area contributed by atoms with E-state index >= 15 is 0 Å². The number of aromatic nitrogens is 1. The van der Waals surface area contributed by atoms with Crippen LogP contribution in [0.25, 0.3) is 0 Å². The molecule has 1 saturated carbocycles. The highest BCUT2D eigenvalue weighted by molar-refractivity contribution is 5.93. The molecule has 148 valence electrons. The monoisotopic (exact) mass is 378 g/mol. The Morgan fingerprint density at radius 2 is 1.93 bits per heavy atom. The third-order valence-corrected chi connectivity index (χ3v) is 6.02. The van der Waals surface area contributed by atoms with Gasteiger partial charge in [-0.3, -0.25) is 4.79 Å². The molecule has 0 bridgehead atoms. The lowest BCUT2D eigenvalue weighted by Crippen LogP contribution is -2.41. The van der Waals surface area contributed by atoms with Crippen LogP contribution >= 0.6 is 0 Å². The fraction of sp³-hybridized carbons (Fsp3) is 0.478. The van der Waals surface area contributed by atoms with Gasteiger partial charge in [-0.1, -0.05) is 50.1 Å². The standard InChI is InChI=1S/C23H30N4O/c1-16-9-7-8-12-21(16)25-14-22(28)26-23-20(13-24)17(2)18(3)27(23)15-19-10-5-4-6-11-19/h4-6,10-11,16,21,25H,7-9,12,14-15H2,1-3H3,(H,26,28). The molecule has 1 aliphatic rings. The summed E-state index contributed by atoms with van der Waals surface area (Å²) in [5.74, 6) is 1.11. The third-order valence-electron chi connectivity index (χ3n) is 6.02. The van der Waals surface area contributed by atoms with Gasteiger partial charge in [-0.25, -0.2) is 0 Å². The number of benzene rings is 1. The van der Waals surface area contributed by atoms with E-state index in [0.717, 1.165) is 23.2 Å². The van der Waals surface area contributed by atoms with Gasteiger partial charge in [0.05, 0.1) is 12.1 Å². The van der Waals surface area contributed by atoms with Crippen molar-refractivity contribution in [2.45, 2.75) is 59.0 Å². The summed E-state index contributed by atoms with van der Waals surface area (Å²) in [5, 5.41) is 16.1. The Labute approximate surface area is 167 Å². The molecule has 28 heavy (non-hydrogen) atoms. The summed E-state index contributed by atoms with van der Waals surface area (Å²) in [4.78, 5) is 12.7. The van der Waals surface area contributed by atoms with Crippen molar-refractivity contribution in [3.63, 3.8) is 0 Å². The van der Waals surface area contributed by atoms with E-state index in [1.54, 1.807) is 0 Å². The Bertz CT molecular complexity index is 863. The smallest absolute Gasteiger partial charge is 0.239 e. The fourth-order valence-electron chi connectivity index (χ4n) is 4.11. The van der Waals surface area contributed by atoms with Crippen LogP contribution in [0.15, 0.2) is 30.3 Å². The van der Waals surface area contributed by atoms with E-state index in [4.69, 9.17) is 0 Å². The Kier molecular flexibility index (Phi) is 6.53. The molecule has 1 aromatic heterocycles.